The molecule has 2 aromatic rings. The summed E-state index contributed by atoms with van der Waals surface area (Å²) in [5, 5.41) is 0. The summed E-state index contributed by atoms with van der Waals surface area (Å²) in [5.41, 5.74) is 1.91. The van der Waals surface area contributed by atoms with E-state index in [-0.39, 0.29) is 0 Å². The minimum absolute atomic E-state index is 0.356. The molecule has 1 fully saturated rings. The number of carbonyl (C=O) groups excluding carboxylic acids is 1. The smallest absolute Gasteiger partial charge is 0.259 e. The predicted octanol–water partition coefficient (Wildman–Crippen LogP) is 3.11. The number of aromatic nitrogens is 1. The number of ether oxygens (including phenoxy) is 1. The second-order valence-electron chi connectivity index (χ2n) is 4.99. The second kappa shape index (κ2) is 6.25. The summed E-state index contributed by atoms with van der Waals surface area (Å²) in [6.45, 7) is 0. The fourth-order valence-corrected chi connectivity index (χ4v) is 2.46. The van der Waals surface area contributed by atoms with Gasteiger partial charge in [-0.05, 0) is 43.2 Å². The normalized spacial score (nSPS) is 15.1. The van der Waals surface area contributed by atoms with Crippen LogP contribution in [0.3, 0.4) is 0 Å². The maximum absolute atomic E-state index is 11.0. The van der Waals surface area contributed by atoms with E-state index in [1.165, 1.54) is 0 Å². The lowest BCUT2D eigenvalue weighted by Crippen LogP contribution is -2.01. The molecular weight excluding hydrogens is 304 g/mol. The van der Waals surface area contributed by atoms with Gasteiger partial charge < -0.3 is 4.74 Å². The van der Waals surface area contributed by atoms with Gasteiger partial charge in [-0.3, -0.25) is 14.1 Å². The lowest BCUT2D eigenvalue weighted by molar-refractivity contribution is 0.112. The van der Waals surface area contributed by atoms with E-state index in [1.807, 2.05) is 0 Å². The average Bonchev–Trinajstić information content (AvgIpc) is 3.33. The first-order valence-corrected chi connectivity index (χ1v) is 7.88. The summed E-state index contributed by atoms with van der Waals surface area (Å²) < 4.78 is 27.4. The number of carbonyl (C=O) groups is 1. The van der Waals surface area contributed by atoms with E-state index in [4.69, 9.17) is 9.29 Å². The van der Waals surface area contributed by atoms with E-state index in [0.717, 1.165) is 24.8 Å². The van der Waals surface area contributed by atoms with Gasteiger partial charge in [-0.2, -0.15) is 0 Å². The van der Waals surface area contributed by atoms with Gasteiger partial charge in [0, 0.05) is 23.2 Å². The van der Waals surface area contributed by atoms with Crippen LogP contribution in [-0.4, -0.2) is 20.0 Å². The van der Waals surface area contributed by atoms with Gasteiger partial charge in [-0.1, -0.05) is 0 Å². The summed E-state index contributed by atoms with van der Waals surface area (Å²) >= 11 is -2.10. The fraction of sp³-hybridized carbons (Fsp3) is 0.200. The minimum Gasteiger partial charge on any atom is -0.439 e. The van der Waals surface area contributed by atoms with Crippen LogP contribution in [0.2, 0.25) is 0 Å². The quantitative estimate of drug-likeness (QED) is 0.631. The molecule has 0 radical (unpaired) electrons. The zero-order valence-electron chi connectivity index (χ0n) is 11.6. The Morgan fingerprint density at radius 1 is 1.23 bits per heavy atom. The number of aldehydes is 1. The van der Waals surface area contributed by atoms with Crippen molar-refractivity contribution in [1.82, 2.24) is 4.98 Å². The average molecular weight is 318 g/mol. The molecule has 22 heavy (non-hydrogen) atoms. The molecule has 0 amide bonds. The van der Waals surface area contributed by atoms with E-state index in [9.17, 15) is 9.00 Å². The Balaban J connectivity index is 1.76. The summed E-state index contributed by atoms with van der Waals surface area (Å²) in [6.07, 6.45) is 2.92. The molecule has 7 heteroatoms. The van der Waals surface area contributed by atoms with E-state index in [1.54, 1.807) is 36.4 Å². The number of rotatable bonds is 6. The van der Waals surface area contributed by atoms with Crippen LogP contribution in [0.1, 0.15) is 34.8 Å². The highest BCUT2D eigenvalue weighted by Gasteiger charge is 2.28. The highest BCUT2D eigenvalue weighted by molar-refractivity contribution is 7.80. The molecule has 3 rings (SSSR count). The molecule has 1 atom stereocenters. The standard InChI is InChI=1S/C15H14N2O4S/c18-9-11-3-8-14(16-15(11)10-1-2-10)21-13-6-4-12(5-7-13)17-22(19)20/h3-10,17H,1-2H2,(H,19,20). The van der Waals surface area contributed by atoms with Crippen LogP contribution in [0.25, 0.3) is 0 Å². The van der Waals surface area contributed by atoms with Gasteiger partial charge in [0.05, 0.1) is 5.69 Å². The zero-order valence-corrected chi connectivity index (χ0v) is 12.4. The molecule has 1 aliphatic rings. The van der Waals surface area contributed by atoms with Crippen LogP contribution < -0.4 is 9.46 Å². The van der Waals surface area contributed by atoms with Gasteiger partial charge in [0.25, 0.3) is 11.3 Å². The number of nitrogens with zero attached hydrogens (tertiary/aromatic N) is 1. The summed E-state index contributed by atoms with van der Waals surface area (Å²) in [5.74, 6) is 1.34. The Bertz CT molecular complexity index is 714. The summed E-state index contributed by atoms with van der Waals surface area (Å²) in [4.78, 5) is 15.4. The van der Waals surface area contributed by atoms with E-state index in [2.05, 4.69) is 9.71 Å². The maximum Gasteiger partial charge on any atom is 0.259 e. The van der Waals surface area contributed by atoms with Gasteiger partial charge in [0.1, 0.15) is 5.75 Å². The molecular formula is C15H14N2O4S. The third-order valence-electron chi connectivity index (χ3n) is 3.30. The van der Waals surface area contributed by atoms with Gasteiger partial charge in [-0.25, -0.2) is 9.19 Å². The van der Waals surface area contributed by atoms with Crippen molar-refractivity contribution in [2.75, 3.05) is 4.72 Å². The molecule has 1 aliphatic carbocycles. The Labute approximate surface area is 129 Å². The molecule has 0 aliphatic heterocycles. The third-order valence-corrected chi connectivity index (χ3v) is 3.72. The molecule has 1 unspecified atom stereocenters. The first-order chi connectivity index (χ1) is 10.7. The van der Waals surface area contributed by atoms with Crippen LogP contribution in [0.5, 0.6) is 11.6 Å². The minimum atomic E-state index is -2.10. The van der Waals surface area contributed by atoms with E-state index < -0.39 is 11.3 Å². The molecule has 0 saturated heterocycles. The molecule has 0 bridgehead atoms. The van der Waals surface area contributed by atoms with Crippen LogP contribution in [0.4, 0.5) is 5.69 Å². The molecule has 114 valence electrons. The monoisotopic (exact) mass is 318 g/mol. The Morgan fingerprint density at radius 2 is 1.95 bits per heavy atom. The molecule has 2 N–H and O–H groups in total. The van der Waals surface area contributed by atoms with Crippen molar-refractivity contribution < 1.29 is 18.3 Å². The molecule has 6 nitrogen and oxygen atoms in total. The van der Waals surface area contributed by atoms with Crippen LogP contribution in [0.15, 0.2) is 36.4 Å². The third kappa shape index (κ3) is 3.49. The molecule has 1 aromatic carbocycles. The zero-order chi connectivity index (χ0) is 15.5. The Kier molecular flexibility index (Phi) is 4.17. The Morgan fingerprint density at radius 3 is 2.55 bits per heavy atom. The summed E-state index contributed by atoms with van der Waals surface area (Å²) in [6, 6.07) is 9.97. The molecule has 1 heterocycles. The van der Waals surface area contributed by atoms with Crippen LogP contribution in [0, 0.1) is 0 Å². The number of pyridine rings is 1. The van der Waals surface area contributed by atoms with Gasteiger partial charge in [-0.15, -0.1) is 0 Å². The van der Waals surface area contributed by atoms with Crippen molar-refractivity contribution in [2.24, 2.45) is 0 Å². The fourth-order valence-electron chi connectivity index (χ4n) is 2.12. The molecule has 0 spiro atoms. The molecule has 1 aromatic heterocycles. The topological polar surface area (TPSA) is 88.5 Å². The first-order valence-electron chi connectivity index (χ1n) is 6.77. The predicted molar refractivity (Wildman–Crippen MR) is 82.5 cm³/mol. The first kappa shape index (κ1) is 14.7. The van der Waals surface area contributed by atoms with Crippen molar-refractivity contribution in [3.05, 3.63) is 47.7 Å². The van der Waals surface area contributed by atoms with E-state index in [0.29, 0.717) is 28.8 Å². The van der Waals surface area contributed by atoms with Crippen molar-refractivity contribution >= 4 is 23.2 Å². The lowest BCUT2D eigenvalue weighted by atomic mass is 10.1. The van der Waals surface area contributed by atoms with Crippen molar-refractivity contribution in [2.45, 2.75) is 18.8 Å². The second-order valence-corrected chi connectivity index (χ2v) is 5.70. The maximum atomic E-state index is 11.0. The number of hydrogen-bond acceptors (Lipinski definition) is 4. The largest absolute Gasteiger partial charge is 0.439 e. The van der Waals surface area contributed by atoms with Crippen LogP contribution >= 0.6 is 0 Å². The van der Waals surface area contributed by atoms with Crippen molar-refractivity contribution in [3.8, 4) is 11.6 Å². The van der Waals surface area contributed by atoms with Gasteiger partial charge in [0.15, 0.2) is 6.29 Å². The summed E-state index contributed by atoms with van der Waals surface area (Å²) in [7, 11) is 0. The lowest BCUT2D eigenvalue weighted by Gasteiger charge is -2.09. The highest BCUT2D eigenvalue weighted by Crippen LogP contribution is 2.41. The van der Waals surface area contributed by atoms with Gasteiger partial charge >= 0.3 is 0 Å². The SMILES string of the molecule is O=Cc1ccc(Oc2ccc(NS(=O)O)cc2)nc1C1CC1. The Hall–Kier alpha value is -2.25. The van der Waals surface area contributed by atoms with Crippen molar-refractivity contribution in [3.63, 3.8) is 0 Å². The number of nitrogens with one attached hydrogen (secondary N) is 1. The van der Waals surface area contributed by atoms with E-state index >= 15 is 0 Å². The number of benzene rings is 1. The van der Waals surface area contributed by atoms with Gasteiger partial charge in [0.2, 0.25) is 5.88 Å². The van der Waals surface area contributed by atoms with Crippen molar-refractivity contribution in [1.29, 1.82) is 0 Å². The highest BCUT2D eigenvalue weighted by atomic mass is 32.2. The molecule has 1 saturated carbocycles. The number of hydrogen-bond donors (Lipinski definition) is 2. The number of anilines is 1. The van der Waals surface area contributed by atoms with Crippen LogP contribution in [-0.2, 0) is 11.3 Å².